The summed E-state index contributed by atoms with van der Waals surface area (Å²) in [6.45, 7) is 2.10. The molecule has 0 radical (unpaired) electrons. The summed E-state index contributed by atoms with van der Waals surface area (Å²) in [5.41, 5.74) is 1.14. The number of hydrogen-bond acceptors (Lipinski definition) is 8. The van der Waals surface area contributed by atoms with Crippen molar-refractivity contribution in [2.75, 3.05) is 21.3 Å². The Labute approximate surface area is 178 Å². The topological polar surface area (TPSA) is 102 Å². The number of para-hydroxylation sites is 1. The van der Waals surface area contributed by atoms with E-state index in [-0.39, 0.29) is 18.0 Å². The third-order valence-electron chi connectivity index (χ3n) is 4.94. The Kier molecular flexibility index (Phi) is 5.57. The van der Waals surface area contributed by atoms with Gasteiger partial charge in [-0.15, -0.1) is 0 Å². The number of benzene rings is 2. The second kappa shape index (κ2) is 8.47. The third-order valence-corrected chi connectivity index (χ3v) is 4.94. The van der Waals surface area contributed by atoms with Gasteiger partial charge < -0.3 is 18.7 Å². The summed E-state index contributed by atoms with van der Waals surface area (Å²) in [5.74, 6) is 2.70. The second-order valence-electron chi connectivity index (χ2n) is 6.72. The van der Waals surface area contributed by atoms with E-state index in [2.05, 4.69) is 15.1 Å². The van der Waals surface area contributed by atoms with Crippen molar-refractivity contribution in [3.63, 3.8) is 0 Å². The minimum atomic E-state index is -0.137. The van der Waals surface area contributed by atoms with Crippen LogP contribution in [0, 0.1) is 0 Å². The van der Waals surface area contributed by atoms with Crippen LogP contribution in [0.2, 0.25) is 0 Å². The van der Waals surface area contributed by atoms with E-state index in [0.29, 0.717) is 51.8 Å². The Hall–Kier alpha value is -3.88. The van der Waals surface area contributed by atoms with Crippen LogP contribution in [-0.2, 0) is 13.0 Å². The van der Waals surface area contributed by atoms with E-state index < -0.39 is 0 Å². The number of aryl methyl sites for hydroxylation is 1. The van der Waals surface area contributed by atoms with Gasteiger partial charge in [0.1, 0.15) is 5.82 Å². The van der Waals surface area contributed by atoms with E-state index in [1.165, 1.54) is 21.3 Å². The van der Waals surface area contributed by atoms with Crippen LogP contribution in [0.15, 0.2) is 45.7 Å². The highest BCUT2D eigenvalue weighted by atomic mass is 16.5. The maximum atomic E-state index is 13.0. The molecule has 160 valence electrons. The van der Waals surface area contributed by atoms with E-state index in [1.807, 2.05) is 25.1 Å². The van der Waals surface area contributed by atoms with Crippen molar-refractivity contribution in [3.05, 3.63) is 58.4 Å². The fourth-order valence-corrected chi connectivity index (χ4v) is 3.43. The Morgan fingerprint density at radius 1 is 1.00 bits per heavy atom. The average Bonchev–Trinajstić information content (AvgIpc) is 3.28. The van der Waals surface area contributed by atoms with Gasteiger partial charge in [-0.05, 0) is 24.3 Å². The van der Waals surface area contributed by atoms with Gasteiger partial charge in [0.15, 0.2) is 17.3 Å². The molecule has 4 rings (SSSR count). The lowest BCUT2D eigenvalue weighted by molar-refractivity contribution is 0.324. The largest absolute Gasteiger partial charge is 0.493 e. The van der Waals surface area contributed by atoms with E-state index in [4.69, 9.17) is 18.7 Å². The number of ether oxygens (including phenoxy) is 3. The first-order valence-corrected chi connectivity index (χ1v) is 9.71. The van der Waals surface area contributed by atoms with Gasteiger partial charge in [-0.25, -0.2) is 4.98 Å². The van der Waals surface area contributed by atoms with Gasteiger partial charge >= 0.3 is 0 Å². The van der Waals surface area contributed by atoms with Crippen molar-refractivity contribution < 1.29 is 18.7 Å². The van der Waals surface area contributed by atoms with Crippen molar-refractivity contribution in [2.24, 2.45) is 0 Å². The molecule has 2 heterocycles. The van der Waals surface area contributed by atoms with Crippen molar-refractivity contribution in [1.82, 2.24) is 19.7 Å². The van der Waals surface area contributed by atoms with Gasteiger partial charge in [-0.2, -0.15) is 4.98 Å². The fraction of sp³-hybridized carbons (Fsp3) is 0.273. The lowest BCUT2D eigenvalue weighted by atomic mass is 10.2. The van der Waals surface area contributed by atoms with Crippen molar-refractivity contribution in [1.29, 1.82) is 0 Å². The van der Waals surface area contributed by atoms with Crippen molar-refractivity contribution in [3.8, 4) is 28.7 Å². The Bertz CT molecular complexity index is 1270. The molecule has 0 saturated carbocycles. The lowest BCUT2D eigenvalue weighted by Crippen LogP contribution is -2.26. The molecule has 9 nitrogen and oxygen atoms in total. The highest BCUT2D eigenvalue weighted by molar-refractivity contribution is 5.77. The first kappa shape index (κ1) is 20.4. The number of nitrogens with zero attached hydrogens (tertiary/aromatic N) is 4. The van der Waals surface area contributed by atoms with E-state index in [9.17, 15) is 4.79 Å². The molecule has 2 aromatic heterocycles. The molecule has 0 bridgehead atoms. The molecule has 4 aromatic rings. The van der Waals surface area contributed by atoms with Crippen molar-refractivity contribution in [2.45, 2.75) is 19.9 Å². The maximum Gasteiger partial charge on any atom is 0.261 e. The molecule has 0 saturated heterocycles. The molecular weight excluding hydrogens is 400 g/mol. The van der Waals surface area contributed by atoms with Gasteiger partial charge in [0, 0.05) is 12.0 Å². The predicted octanol–water partition coefficient (Wildman–Crippen LogP) is 3.08. The number of rotatable bonds is 7. The van der Waals surface area contributed by atoms with Crippen LogP contribution in [0.5, 0.6) is 17.2 Å². The minimum absolute atomic E-state index is 0.137. The molecule has 0 unspecified atom stereocenters. The standard InChI is InChI=1S/C22H22N4O5/c1-5-19-23-15-9-7-6-8-14(15)22(27)26(19)12-18-24-21(31-25-18)13-10-16(28-2)20(30-4)17(11-13)29-3/h6-11H,5,12H2,1-4H3. The second-order valence-corrected chi connectivity index (χ2v) is 6.72. The SMILES string of the molecule is CCc1nc2ccccc2c(=O)n1Cc1noc(-c2cc(OC)c(OC)c(OC)c2)n1. The van der Waals surface area contributed by atoms with E-state index in [0.717, 1.165) is 0 Å². The molecule has 0 N–H and O–H groups in total. The zero-order valence-corrected chi connectivity index (χ0v) is 17.7. The van der Waals surface area contributed by atoms with Crippen LogP contribution in [0.25, 0.3) is 22.4 Å². The lowest BCUT2D eigenvalue weighted by Gasteiger charge is -2.12. The monoisotopic (exact) mass is 422 g/mol. The van der Waals surface area contributed by atoms with Gasteiger partial charge in [0.25, 0.3) is 11.4 Å². The Morgan fingerprint density at radius 3 is 2.35 bits per heavy atom. The Morgan fingerprint density at radius 2 is 1.71 bits per heavy atom. The summed E-state index contributed by atoms with van der Waals surface area (Å²) in [4.78, 5) is 22.1. The molecule has 0 aliphatic heterocycles. The van der Waals surface area contributed by atoms with Gasteiger partial charge in [-0.1, -0.05) is 24.2 Å². The summed E-state index contributed by atoms with van der Waals surface area (Å²) in [5, 5.41) is 4.60. The first-order chi connectivity index (χ1) is 15.1. The van der Waals surface area contributed by atoms with Crippen LogP contribution >= 0.6 is 0 Å². The first-order valence-electron chi connectivity index (χ1n) is 9.71. The molecule has 0 fully saturated rings. The minimum Gasteiger partial charge on any atom is -0.493 e. The highest BCUT2D eigenvalue weighted by Gasteiger charge is 2.19. The molecule has 0 aliphatic carbocycles. The normalized spacial score (nSPS) is 11.0. The van der Waals surface area contributed by atoms with Crippen LogP contribution in [0.1, 0.15) is 18.6 Å². The molecule has 0 aliphatic rings. The van der Waals surface area contributed by atoms with E-state index >= 15 is 0 Å². The molecule has 0 atom stereocenters. The predicted molar refractivity (Wildman–Crippen MR) is 114 cm³/mol. The third kappa shape index (κ3) is 3.70. The Balaban J connectivity index is 1.73. The van der Waals surface area contributed by atoms with Crippen LogP contribution in [0.3, 0.4) is 0 Å². The zero-order chi connectivity index (χ0) is 22.0. The molecule has 9 heteroatoms. The molecular formula is C22H22N4O5. The van der Waals surface area contributed by atoms with Crippen molar-refractivity contribution >= 4 is 10.9 Å². The summed E-state index contributed by atoms with van der Waals surface area (Å²) in [6, 6.07) is 10.7. The number of aromatic nitrogens is 4. The number of methoxy groups -OCH3 is 3. The van der Waals surface area contributed by atoms with Gasteiger partial charge in [0.2, 0.25) is 5.75 Å². The number of fused-ring (bicyclic) bond motifs is 1. The quantitative estimate of drug-likeness (QED) is 0.448. The van der Waals surface area contributed by atoms with Gasteiger partial charge in [0.05, 0.1) is 38.8 Å². The molecule has 2 aromatic carbocycles. The summed E-state index contributed by atoms with van der Waals surface area (Å²) < 4.78 is 23.1. The molecule has 0 spiro atoms. The maximum absolute atomic E-state index is 13.0. The van der Waals surface area contributed by atoms with Crippen LogP contribution in [-0.4, -0.2) is 41.0 Å². The van der Waals surface area contributed by atoms with Crippen LogP contribution < -0.4 is 19.8 Å². The highest BCUT2D eigenvalue weighted by Crippen LogP contribution is 2.40. The average molecular weight is 422 g/mol. The summed E-state index contributed by atoms with van der Waals surface area (Å²) >= 11 is 0. The fourth-order valence-electron chi connectivity index (χ4n) is 3.43. The summed E-state index contributed by atoms with van der Waals surface area (Å²) in [6.07, 6.45) is 0.595. The molecule has 31 heavy (non-hydrogen) atoms. The summed E-state index contributed by atoms with van der Waals surface area (Å²) in [7, 11) is 4.60. The number of hydrogen-bond donors (Lipinski definition) is 0. The zero-order valence-electron chi connectivity index (χ0n) is 17.7. The van der Waals surface area contributed by atoms with Crippen LogP contribution in [0.4, 0.5) is 0 Å². The molecule has 0 amide bonds. The van der Waals surface area contributed by atoms with E-state index in [1.54, 1.807) is 22.8 Å². The van der Waals surface area contributed by atoms with Gasteiger partial charge in [-0.3, -0.25) is 9.36 Å². The smallest absolute Gasteiger partial charge is 0.261 e.